The molecule has 0 atom stereocenters. The van der Waals surface area contributed by atoms with Gasteiger partial charge in [-0.25, -0.2) is 0 Å². The first kappa shape index (κ1) is 5.72. The highest BCUT2D eigenvalue weighted by molar-refractivity contribution is 6.31. The van der Waals surface area contributed by atoms with Gasteiger partial charge in [-0.2, -0.15) is 5.32 Å². The zero-order valence-corrected chi connectivity index (χ0v) is 5.94. The van der Waals surface area contributed by atoms with Crippen LogP contribution in [0.4, 0.5) is 5.69 Å². The predicted octanol–water partition coefficient (Wildman–Crippen LogP) is 2.54. The molecule has 0 aromatic heterocycles. The van der Waals surface area contributed by atoms with Gasteiger partial charge in [0.15, 0.2) is 11.3 Å². The van der Waals surface area contributed by atoms with Crippen LogP contribution in [0.2, 0.25) is 5.02 Å². The van der Waals surface area contributed by atoms with Crippen molar-refractivity contribution in [1.82, 2.24) is 0 Å². The number of hydrogen-bond donors (Lipinski definition) is 1. The molecule has 0 saturated carbocycles. The molecule has 1 N–H and O–H groups in total. The fourth-order valence-electron chi connectivity index (χ4n) is 0.954. The monoisotopic (exact) mass is 150 g/mol. The third-order valence-corrected chi connectivity index (χ3v) is 1.68. The molecule has 0 bridgehead atoms. The number of hydrogen-bond acceptors (Lipinski definition) is 1. The Morgan fingerprint density at radius 1 is 1.40 bits per heavy atom. The average molecular weight is 151 g/mol. The second-order valence-electron chi connectivity index (χ2n) is 2.15. The number of benzene rings is 1. The van der Waals surface area contributed by atoms with Crippen molar-refractivity contribution in [2.75, 3.05) is 5.32 Å². The Bertz CT molecular complexity index is 291. The van der Waals surface area contributed by atoms with Gasteiger partial charge < -0.3 is 0 Å². The van der Waals surface area contributed by atoms with E-state index < -0.39 is 0 Å². The zero-order chi connectivity index (χ0) is 6.97. The van der Waals surface area contributed by atoms with Crippen molar-refractivity contribution >= 4 is 23.4 Å². The van der Waals surface area contributed by atoms with Crippen molar-refractivity contribution in [2.45, 2.75) is 0 Å². The quantitative estimate of drug-likeness (QED) is 0.561. The van der Waals surface area contributed by atoms with Crippen LogP contribution in [0.3, 0.4) is 0 Å². The summed E-state index contributed by atoms with van der Waals surface area (Å²) in [4.78, 5) is 0. The molecule has 1 aliphatic rings. The minimum atomic E-state index is 0.753. The molecule has 0 spiro atoms. The van der Waals surface area contributed by atoms with Gasteiger partial charge in [0.2, 0.25) is 0 Å². The lowest BCUT2D eigenvalue weighted by Crippen LogP contribution is -1.82. The van der Waals surface area contributed by atoms with Crippen LogP contribution in [0.1, 0.15) is 5.56 Å². The van der Waals surface area contributed by atoms with Crippen LogP contribution >= 0.6 is 11.6 Å². The first-order chi connectivity index (χ1) is 4.86. The van der Waals surface area contributed by atoms with Crippen LogP contribution in [0.25, 0.3) is 6.08 Å². The van der Waals surface area contributed by atoms with Crippen LogP contribution < -0.4 is 5.32 Å². The molecule has 2 rings (SSSR count). The Balaban J connectivity index is 2.59. The summed E-state index contributed by atoms with van der Waals surface area (Å²) < 4.78 is 0. The van der Waals surface area contributed by atoms with E-state index in [2.05, 4.69) is 11.5 Å². The van der Waals surface area contributed by atoms with Gasteiger partial charge in [-0.3, -0.25) is 0 Å². The number of nitrogens with one attached hydrogen (secondary N) is 1. The first-order valence-corrected chi connectivity index (χ1v) is 3.38. The fourth-order valence-corrected chi connectivity index (χ4v) is 1.13. The average Bonchev–Trinajstić information content (AvgIpc) is 2.33. The molecule has 1 aliphatic heterocycles. The molecule has 10 heavy (non-hydrogen) atoms. The molecule has 1 aromatic carbocycles. The molecular formula is C8H5ClN+. The molecule has 1 aromatic rings. The van der Waals surface area contributed by atoms with Gasteiger partial charge in [0, 0.05) is 6.07 Å². The highest BCUT2D eigenvalue weighted by atomic mass is 35.5. The summed E-state index contributed by atoms with van der Waals surface area (Å²) in [7, 11) is 0. The van der Waals surface area contributed by atoms with Crippen LogP contribution in [0, 0.1) is 6.20 Å². The van der Waals surface area contributed by atoms with Crippen molar-refractivity contribution in [3.05, 3.63) is 35.0 Å². The molecule has 0 radical (unpaired) electrons. The van der Waals surface area contributed by atoms with Gasteiger partial charge >= 0.3 is 0 Å². The molecular weight excluding hydrogens is 146 g/mol. The summed E-state index contributed by atoms with van der Waals surface area (Å²) in [5.41, 5.74) is 2.18. The second kappa shape index (κ2) is 1.98. The largest absolute Gasteiger partial charge is 0.199 e. The summed E-state index contributed by atoms with van der Waals surface area (Å²) in [6, 6.07) is 5.71. The van der Waals surface area contributed by atoms with E-state index in [1.54, 1.807) is 0 Å². The van der Waals surface area contributed by atoms with Crippen molar-refractivity contribution in [3.8, 4) is 0 Å². The Morgan fingerprint density at radius 3 is 3.20 bits per heavy atom. The van der Waals surface area contributed by atoms with Crippen LogP contribution in [-0.2, 0) is 0 Å². The second-order valence-corrected chi connectivity index (χ2v) is 2.58. The van der Waals surface area contributed by atoms with Gasteiger partial charge in [0.05, 0.1) is 11.1 Å². The normalized spacial score (nSPS) is 12.1. The van der Waals surface area contributed by atoms with E-state index in [0.717, 1.165) is 16.3 Å². The minimum Gasteiger partial charge on any atom is -0.197 e. The van der Waals surface area contributed by atoms with Crippen LogP contribution in [0.5, 0.6) is 0 Å². The summed E-state index contributed by atoms with van der Waals surface area (Å²) in [6.07, 6.45) is 4.78. The molecule has 0 fully saturated rings. The number of fused-ring (bicyclic) bond motifs is 1. The van der Waals surface area contributed by atoms with E-state index in [9.17, 15) is 0 Å². The van der Waals surface area contributed by atoms with Crippen molar-refractivity contribution in [3.63, 3.8) is 0 Å². The maximum atomic E-state index is 5.74. The molecule has 48 valence electrons. The van der Waals surface area contributed by atoms with Gasteiger partial charge in [0.1, 0.15) is 12.3 Å². The topological polar surface area (TPSA) is 12.0 Å². The molecule has 0 amide bonds. The number of halogens is 1. The summed E-state index contributed by atoms with van der Waals surface area (Å²) in [5, 5.41) is 3.70. The van der Waals surface area contributed by atoms with E-state index in [1.807, 2.05) is 24.3 Å². The van der Waals surface area contributed by atoms with E-state index in [1.165, 1.54) is 0 Å². The predicted molar refractivity (Wildman–Crippen MR) is 42.8 cm³/mol. The summed E-state index contributed by atoms with van der Waals surface area (Å²) in [5.74, 6) is 0. The Kier molecular flexibility index (Phi) is 1.13. The van der Waals surface area contributed by atoms with Gasteiger partial charge in [-0.1, -0.05) is 11.6 Å². The minimum absolute atomic E-state index is 0.753. The van der Waals surface area contributed by atoms with E-state index in [0.29, 0.717) is 0 Å². The Hall–Kier alpha value is -1.04. The Labute approximate surface area is 64.3 Å². The Morgan fingerprint density at radius 2 is 2.30 bits per heavy atom. The molecule has 1 nitrogen and oxygen atoms in total. The van der Waals surface area contributed by atoms with E-state index in [-0.39, 0.29) is 0 Å². The highest BCUT2D eigenvalue weighted by Gasteiger charge is 2.15. The third kappa shape index (κ3) is 0.766. The maximum Gasteiger partial charge on any atom is 0.199 e. The highest BCUT2D eigenvalue weighted by Crippen LogP contribution is 2.25. The summed E-state index contributed by atoms with van der Waals surface area (Å²) >= 11 is 5.74. The van der Waals surface area contributed by atoms with Crippen molar-refractivity contribution in [1.29, 1.82) is 0 Å². The maximum absolute atomic E-state index is 5.74. The zero-order valence-electron chi connectivity index (χ0n) is 5.19. The van der Waals surface area contributed by atoms with Crippen molar-refractivity contribution in [2.24, 2.45) is 0 Å². The molecule has 1 heterocycles. The SMILES string of the molecule is Clc1ccc2c(c1)N[C+]=C2. The molecule has 0 unspecified atom stereocenters. The van der Waals surface area contributed by atoms with Crippen LogP contribution in [0.15, 0.2) is 18.2 Å². The molecule has 0 saturated heterocycles. The summed E-state index contributed by atoms with van der Waals surface area (Å²) in [6.45, 7) is 0. The lowest BCUT2D eigenvalue weighted by atomic mass is 10.2. The van der Waals surface area contributed by atoms with Gasteiger partial charge in [-0.05, 0) is 6.07 Å². The number of rotatable bonds is 0. The third-order valence-electron chi connectivity index (χ3n) is 1.45. The molecule has 0 aliphatic carbocycles. The lowest BCUT2D eigenvalue weighted by Gasteiger charge is -1.87. The van der Waals surface area contributed by atoms with Gasteiger partial charge in [0.25, 0.3) is 0 Å². The van der Waals surface area contributed by atoms with E-state index in [4.69, 9.17) is 11.6 Å². The smallest absolute Gasteiger partial charge is 0.197 e. The first-order valence-electron chi connectivity index (χ1n) is 3.00. The van der Waals surface area contributed by atoms with Crippen molar-refractivity contribution < 1.29 is 0 Å². The van der Waals surface area contributed by atoms with Crippen LogP contribution in [-0.4, -0.2) is 0 Å². The standard InChI is InChI=1S/C8H5ClN/c9-7-2-1-6-3-4-10-8(6)5-7/h1-3,5,10H/q+1. The van der Waals surface area contributed by atoms with Gasteiger partial charge in [-0.15, -0.1) is 0 Å². The van der Waals surface area contributed by atoms with E-state index >= 15 is 0 Å². The molecule has 2 heteroatoms. The fraction of sp³-hybridized carbons (Fsp3) is 0. The lowest BCUT2D eigenvalue weighted by molar-refractivity contribution is 1.61. The number of anilines is 1.